The number of aromatic nitrogens is 2. The zero-order chi connectivity index (χ0) is 11.6. The molecular formula is C7H9ClN2O4S. The average molecular weight is 253 g/mol. The second-order valence-electron chi connectivity index (χ2n) is 2.62. The summed E-state index contributed by atoms with van der Waals surface area (Å²) < 4.78 is 27.3. The third-order valence-corrected chi connectivity index (χ3v) is 2.71. The third-order valence-electron chi connectivity index (χ3n) is 1.64. The lowest BCUT2D eigenvalue weighted by Gasteiger charge is -1.97. The number of carbonyl (C=O) groups is 1. The van der Waals surface area contributed by atoms with Crippen LogP contribution in [0.3, 0.4) is 0 Å². The van der Waals surface area contributed by atoms with Gasteiger partial charge >= 0.3 is 5.97 Å². The molecule has 0 aliphatic carbocycles. The molecule has 1 aromatic rings. The predicted molar refractivity (Wildman–Crippen MR) is 52.9 cm³/mol. The number of nitrogens with zero attached hydrogens (tertiary/aromatic N) is 1. The van der Waals surface area contributed by atoms with E-state index in [1.807, 2.05) is 0 Å². The molecule has 0 aliphatic rings. The average Bonchev–Trinajstić information content (AvgIpc) is 2.41. The van der Waals surface area contributed by atoms with Crippen LogP contribution < -0.4 is 0 Å². The van der Waals surface area contributed by atoms with Crippen molar-refractivity contribution in [1.29, 1.82) is 0 Å². The lowest BCUT2D eigenvalue weighted by atomic mass is 10.4. The number of aryl methyl sites for hydroxylation is 1. The number of rotatable bonds is 2. The highest BCUT2D eigenvalue weighted by Crippen LogP contribution is 2.15. The molecule has 0 radical (unpaired) electrons. The Labute approximate surface area is 91.9 Å². The van der Waals surface area contributed by atoms with E-state index < -0.39 is 16.3 Å². The van der Waals surface area contributed by atoms with Gasteiger partial charge in [0.25, 0.3) is 0 Å². The number of H-pyrrole nitrogens is 1. The summed E-state index contributed by atoms with van der Waals surface area (Å²) in [6.07, 6.45) is 0. The Bertz CT molecular complexity index is 546. The van der Waals surface area contributed by atoms with Crippen LogP contribution in [0.2, 0.25) is 5.15 Å². The Morgan fingerprint density at radius 2 is 2.20 bits per heavy atom. The fourth-order valence-corrected chi connectivity index (χ4v) is 2.06. The van der Waals surface area contributed by atoms with Crippen LogP contribution in [0.1, 0.15) is 17.3 Å². The molecular weight excluding hydrogens is 244 g/mol. The number of ether oxygens (including phenoxy) is 1. The van der Waals surface area contributed by atoms with E-state index in [-0.39, 0.29) is 22.0 Å². The van der Waals surface area contributed by atoms with Crippen molar-refractivity contribution in [2.45, 2.75) is 6.92 Å². The molecule has 0 saturated heterocycles. The van der Waals surface area contributed by atoms with Crippen molar-refractivity contribution < 1.29 is 17.9 Å². The predicted octanol–water partition coefficient (Wildman–Crippen LogP) is 0.594. The first kappa shape index (κ1) is 11.9. The van der Waals surface area contributed by atoms with Crippen molar-refractivity contribution in [2.75, 3.05) is 6.61 Å². The number of hydrogen-bond donors (Lipinski definition) is 1. The zero-order valence-electron chi connectivity index (χ0n) is 8.07. The van der Waals surface area contributed by atoms with Gasteiger partial charge in [0.15, 0.2) is 4.64 Å². The van der Waals surface area contributed by atoms with Crippen molar-refractivity contribution in [3.8, 4) is 0 Å². The molecule has 0 amide bonds. The topological polar surface area (TPSA) is 81.2 Å². The molecule has 1 aromatic heterocycles. The lowest BCUT2D eigenvalue weighted by Crippen LogP contribution is -2.06. The van der Waals surface area contributed by atoms with E-state index in [2.05, 4.69) is 9.84 Å². The van der Waals surface area contributed by atoms with E-state index in [9.17, 15) is 13.2 Å². The molecule has 0 saturated carbocycles. The summed E-state index contributed by atoms with van der Waals surface area (Å²) in [5, 5.41) is 2.42. The number of halogens is 1. The minimum Gasteiger partial charge on any atom is -0.462 e. The normalized spacial score (nSPS) is 10.1. The van der Waals surface area contributed by atoms with E-state index in [1.54, 1.807) is 6.92 Å². The molecule has 0 bridgehead atoms. The first-order valence-corrected chi connectivity index (χ1v) is 5.48. The van der Waals surface area contributed by atoms with Crippen LogP contribution >= 0.6 is 11.6 Å². The molecule has 15 heavy (non-hydrogen) atoms. The second kappa shape index (κ2) is 4.54. The molecule has 0 aromatic carbocycles. The molecule has 0 aliphatic heterocycles. The van der Waals surface area contributed by atoms with Gasteiger partial charge in [0.05, 0.1) is 6.61 Å². The molecule has 0 unspecified atom stereocenters. The summed E-state index contributed by atoms with van der Waals surface area (Å²) in [6, 6.07) is 0. The number of esters is 1. The molecule has 84 valence electrons. The summed E-state index contributed by atoms with van der Waals surface area (Å²) in [5.41, 5.74) is -0.172. The van der Waals surface area contributed by atoms with Crippen LogP contribution in [0.5, 0.6) is 0 Å². The zero-order valence-corrected chi connectivity index (χ0v) is 9.65. The molecule has 1 rings (SSSR count). The molecule has 8 heteroatoms. The van der Waals surface area contributed by atoms with Crippen LogP contribution in [-0.4, -0.2) is 30.8 Å². The standard InChI is InChI=1S/C7H9ClN2O4S/c1-3-14-7(11)4-5(8)9-10(2)6(4)15(12)13/h9H,3H2,1-2H3. The van der Waals surface area contributed by atoms with Crippen LogP contribution in [0, 0.1) is 4.64 Å². The van der Waals surface area contributed by atoms with Crippen molar-refractivity contribution in [3.63, 3.8) is 0 Å². The quantitative estimate of drug-likeness (QED) is 0.617. The number of aromatic amines is 1. The smallest absolute Gasteiger partial charge is 0.344 e. The first-order chi connectivity index (χ1) is 6.99. The van der Waals surface area contributed by atoms with Gasteiger partial charge in [-0.25, -0.2) is 4.79 Å². The molecule has 0 fully saturated rings. The maximum Gasteiger partial charge on any atom is 0.344 e. The first-order valence-electron chi connectivity index (χ1n) is 4.02. The third kappa shape index (κ3) is 2.24. The number of hydrogen-bond acceptors (Lipinski definition) is 4. The summed E-state index contributed by atoms with van der Waals surface area (Å²) in [7, 11) is -1.13. The Kier molecular flexibility index (Phi) is 3.59. The number of carbonyl (C=O) groups excluding carboxylic acids is 1. The minimum atomic E-state index is -2.56. The summed E-state index contributed by atoms with van der Waals surface area (Å²) in [6.45, 7) is 1.77. The monoisotopic (exact) mass is 252 g/mol. The molecule has 1 N–H and O–H groups in total. The largest absolute Gasteiger partial charge is 0.462 e. The van der Waals surface area contributed by atoms with Gasteiger partial charge in [0.1, 0.15) is 10.7 Å². The van der Waals surface area contributed by atoms with E-state index in [0.29, 0.717) is 0 Å². The lowest BCUT2D eigenvalue weighted by molar-refractivity contribution is 0.0525. The van der Waals surface area contributed by atoms with E-state index in [4.69, 9.17) is 11.6 Å². The van der Waals surface area contributed by atoms with Gasteiger partial charge in [0.2, 0.25) is 10.3 Å². The van der Waals surface area contributed by atoms with Crippen molar-refractivity contribution in [1.82, 2.24) is 9.78 Å². The van der Waals surface area contributed by atoms with Gasteiger partial charge in [0, 0.05) is 7.05 Å². The van der Waals surface area contributed by atoms with Gasteiger partial charge in [-0.2, -0.15) is 8.42 Å². The highest BCUT2D eigenvalue weighted by atomic mass is 35.5. The van der Waals surface area contributed by atoms with Crippen LogP contribution in [0.25, 0.3) is 0 Å². The molecule has 6 nitrogen and oxygen atoms in total. The number of nitrogens with one attached hydrogen (secondary N) is 1. The highest BCUT2D eigenvalue weighted by Gasteiger charge is 2.19. The van der Waals surface area contributed by atoms with Gasteiger partial charge in [-0.1, -0.05) is 11.6 Å². The Hall–Kier alpha value is -1.21. The van der Waals surface area contributed by atoms with E-state index >= 15 is 0 Å². The van der Waals surface area contributed by atoms with Gasteiger partial charge in [-0.15, -0.1) is 0 Å². The minimum absolute atomic E-state index is 0.0600. The van der Waals surface area contributed by atoms with Gasteiger partial charge in [-0.3, -0.25) is 9.78 Å². The van der Waals surface area contributed by atoms with Crippen molar-refractivity contribution in [3.05, 3.63) is 15.4 Å². The fourth-order valence-electron chi connectivity index (χ4n) is 1.09. The van der Waals surface area contributed by atoms with Crippen molar-refractivity contribution in [2.24, 2.45) is 7.05 Å². The summed E-state index contributed by atoms with van der Waals surface area (Å²) in [4.78, 5) is 11.4. The van der Waals surface area contributed by atoms with Crippen LogP contribution in [0.15, 0.2) is 0 Å². The SMILES string of the molecule is CCOC(=O)c1c(Cl)[nH]n(C)c1=S(=O)=O. The van der Waals surface area contributed by atoms with E-state index in [0.717, 1.165) is 4.68 Å². The molecule has 0 atom stereocenters. The summed E-state index contributed by atoms with van der Waals surface area (Å²) >= 11 is 5.67. The van der Waals surface area contributed by atoms with E-state index in [1.165, 1.54) is 7.05 Å². The Balaban J connectivity index is 3.56. The Morgan fingerprint density at radius 1 is 1.60 bits per heavy atom. The molecule has 0 spiro atoms. The van der Waals surface area contributed by atoms with Crippen LogP contribution in [-0.2, 0) is 22.1 Å². The Morgan fingerprint density at radius 3 is 2.67 bits per heavy atom. The summed E-state index contributed by atoms with van der Waals surface area (Å²) in [5.74, 6) is -0.765. The van der Waals surface area contributed by atoms with Gasteiger partial charge in [-0.05, 0) is 6.92 Å². The van der Waals surface area contributed by atoms with Crippen molar-refractivity contribution >= 4 is 27.9 Å². The van der Waals surface area contributed by atoms with Gasteiger partial charge < -0.3 is 4.74 Å². The fraction of sp³-hybridized carbons (Fsp3) is 0.429. The molecule has 1 heterocycles. The maximum atomic E-state index is 11.4. The highest BCUT2D eigenvalue weighted by molar-refractivity contribution is 7.63. The second-order valence-corrected chi connectivity index (χ2v) is 3.85. The maximum absolute atomic E-state index is 11.4. The van der Waals surface area contributed by atoms with Crippen LogP contribution in [0.4, 0.5) is 0 Å².